The van der Waals surface area contributed by atoms with Gasteiger partial charge in [-0.15, -0.1) is 0 Å². The molecular formula is C14H24N2O2S. The third-order valence-electron chi connectivity index (χ3n) is 4.41. The fourth-order valence-electron chi connectivity index (χ4n) is 3.34. The number of hydrogen-bond donors (Lipinski definition) is 1. The van der Waals surface area contributed by atoms with Crippen molar-refractivity contribution in [1.29, 1.82) is 0 Å². The van der Waals surface area contributed by atoms with E-state index < -0.39 is 5.41 Å². The van der Waals surface area contributed by atoms with Crippen LogP contribution in [0.3, 0.4) is 0 Å². The molecule has 2 rings (SSSR count). The summed E-state index contributed by atoms with van der Waals surface area (Å²) in [5.74, 6) is 0.141. The predicted molar refractivity (Wildman–Crippen MR) is 78.9 cm³/mol. The molecule has 2 N–H and O–H groups in total. The number of thiocarbonyl (C=S) groups is 1. The van der Waals surface area contributed by atoms with Crippen LogP contribution in [0.1, 0.15) is 45.4 Å². The van der Waals surface area contributed by atoms with Crippen molar-refractivity contribution in [3.05, 3.63) is 0 Å². The van der Waals surface area contributed by atoms with Gasteiger partial charge in [0, 0.05) is 19.7 Å². The number of carbonyl (C=O) groups is 1. The first-order chi connectivity index (χ1) is 9.10. The van der Waals surface area contributed by atoms with Gasteiger partial charge >= 0.3 is 0 Å². The Hall–Kier alpha value is -0.680. The third-order valence-corrected chi connectivity index (χ3v) is 4.80. The van der Waals surface area contributed by atoms with Gasteiger partial charge in [0.25, 0.3) is 0 Å². The second-order valence-electron chi connectivity index (χ2n) is 5.62. The average Bonchev–Trinajstić information content (AvgIpc) is 2.89. The molecule has 0 aromatic rings. The summed E-state index contributed by atoms with van der Waals surface area (Å²) in [5.41, 5.74) is 5.32. The molecule has 4 nitrogen and oxygen atoms in total. The fraction of sp³-hybridized carbons (Fsp3) is 0.857. The van der Waals surface area contributed by atoms with E-state index in [1.165, 1.54) is 0 Å². The monoisotopic (exact) mass is 284 g/mol. The van der Waals surface area contributed by atoms with E-state index in [0.717, 1.165) is 45.1 Å². The first kappa shape index (κ1) is 14.7. The van der Waals surface area contributed by atoms with Crippen molar-refractivity contribution >= 4 is 23.1 Å². The van der Waals surface area contributed by atoms with Crippen molar-refractivity contribution < 1.29 is 9.53 Å². The van der Waals surface area contributed by atoms with Crippen molar-refractivity contribution in [2.24, 2.45) is 11.1 Å². The summed E-state index contributed by atoms with van der Waals surface area (Å²) in [7, 11) is 0. The number of nitrogens with two attached hydrogens (primary N) is 1. The predicted octanol–water partition coefficient (Wildman–Crippen LogP) is 1.86. The zero-order valence-corrected chi connectivity index (χ0v) is 12.5. The molecule has 1 unspecified atom stereocenters. The number of amides is 1. The topological polar surface area (TPSA) is 55.6 Å². The Morgan fingerprint density at radius 1 is 1.42 bits per heavy atom. The fourth-order valence-corrected chi connectivity index (χ4v) is 3.63. The highest BCUT2D eigenvalue weighted by atomic mass is 32.1. The summed E-state index contributed by atoms with van der Waals surface area (Å²) >= 11 is 5.19. The van der Waals surface area contributed by atoms with Crippen molar-refractivity contribution in [2.45, 2.75) is 51.6 Å². The molecule has 108 valence electrons. The molecule has 1 aliphatic heterocycles. The van der Waals surface area contributed by atoms with Crippen LogP contribution in [0.15, 0.2) is 0 Å². The van der Waals surface area contributed by atoms with Gasteiger partial charge in [-0.3, -0.25) is 4.79 Å². The van der Waals surface area contributed by atoms with Crippen LogP contribution < -0.4 is 5.73 Å². The third kappa shape index (κ3) is 2.92. The van der Waals surface area contributed by atoms with E-state index in [0.29, 0.717) is 18.1 Å². The molecule has 0 spiro atoms. The largest absolute Gasteiger partial charge is 0.392 e. The maximum Gasteiger partial charge on any atom is 0.235 e. The Labute approximate surface area is 120 Å². The highest BCUT2D eigenvalue weighted by molar-refractivity contribution is 7.80. The number of carbonyl (C=O) groups excluding carboxylic acids is 1. The first-order valence-corrected chi connectivity index (χ1v) is 7.72. The summed E-state index contributed by atoms with van der Waals surface area (Å²) in [6, 6.07) is 0. The van der Waals surface area contributed by atoms with Crippen LogP contribution in [-0.4, -0.2) is 41.6 Å². The lowest BCUT2D eigenvalue weighted by atomic mass is 9.84. The van der Waals surface area contributed by atoms with E-state index in [1.807, 2.05) is 11.8 Å². The van der Waals surface area contributed by atoms with Crippen LogP contribution in [0.4, 0.5) is 0 Å². The standard InChI is InChI=1S/C14H24N2O2S/c1-2-18-11-6-5-9-16(10-11)13(17)14(12(15)19)7-3-4-8-14/h11H,2-10H2,1H3,(H2,15,19). The highest BCUT2D eigenvalue weighted by Gasteiger charge is 2.46. The Balaban J connectivity index is 2.07. The molecule has 1 amide bonds. The zero-order valence-electron chi connectivity index (χ0n) is 11.7. The molecule has 1 aliphatic carbocycles. The number of hydrogen-bond acceptors (Lipinski definition) is 3. The Kier molecular flexibility index (Phi) is 4.79. The van der Waals surface area contributed by atoms with Crippen LogP contribution in [0.2, 0.25) is 0 Å². The Morgan fingerprint density at radius 3 is 2.68 bits per heavy atom. The maximum atomic E-state index is 12.8. The number of piperidine rings is 1. The normalized spacial score (nSPS) is 26.4. The van der Waals surface area contributed by atoms with Crippen LogP contribution in [-0.2, 0) is 9.53 Å². The van der Waals surface area contributed by atoms with Gasteiger partial charge < -0.3 is 15.4 Å². The smallest absolute Gasteiger partial charge is 0.235 e. The minimum Gasteiger partial charge on any atom is -0.392 e. The SMILES string of the molecule is CCOC1CCCN(C(=O)C2(C(N)=S)CCCC2)C1. The lowest BCUT2D eigenvalue weighted by Crippen LogP contribution is -2.53. The highest BCUT2D eigenvalue weighted by Crippen LogP contribution is 2.40. The van der Waals surface area contributed by atoms with E-state index in [1.54, 1.807) is 0 Å². The molecule has 1 atom stereocenters. The quantitative estimate of drug-likeness (QED) is 0.801. The molecule has 0 aromatic carbocycles. The maximum absolute atomic E-state index is 12.8. The molecule has 1 saturated heterocycles. The first-order valence-electron chi connectivity index (χ1n) is 7.31. The number of likely N-dealkylation sites (tertiary alicyclic amines) is 1. The van der Waals surface area contributed by atoms with E-state index in [-0.39, 0.29) is 12.0 Å². The second-order valence-corrected chi connectivity index (χ2v) is 6.06. The molecule has 2 aliphatic rings. The molecule has 19 heavy (non-hydrogen) atoms. The van der Waals surface area contributed by atoms with E-state index in [4.69, 9.17) is 22.7 Å². The Bertz CT molecular complexity index is 351. The summed E-state index contributed by atoms with van der Waals surface area (Å²) in [6.07, 6.45) is 5.94. The molecule has 1 heterocycles. The molecular weight excluding hydrogens is 260 g/mol. The van der Waals surface area contributed by atoms with E-state index >= 15 is 0 Å². The zero-order chi connectivity index (χ0) is 13.9. The molecule has 0 radical (unpaired) electrons. The number of nitrogens with zero attached hydrogens (tertiary/aromatic N) is 1. The molecule has 5 heteroatoms. The summed E-state index contributed by atoms with van der Waals surface area (Å²) < 4.78 is 5.66. The summed E-state index contributed by atoms with van der Waals surface area (Å²) in [4.78, 5) is 15.1. The molecule has 1 saturated carbocycles. The minimum absolute atomic E-state index is 0.141. The van der Waals surface area contributed by atoms with Gasteiger partial charge in [0.15, 0.2) is 0 Å². The van der Waals surface area contributed by atoms with Gasteiger partial charge in [-0.2, -0.15) is 0 Å². The van der Waals surface area contributed by atoms with Crippen LogP contribution in [0.25, 0.3) is 0 Å². The van der Waals surface area contributed by atoms with Gasteiger partial charge in [-0.1, -0.05) is 25.1 Å². The molecule has 0 aromatic heterocycles. The lowest BCUT2D eigenvalue weighted by Gasteiger charge is -2.38. The van der Waals surface area contributed by atoms with Crippen molar-refractivity contribution in [2.75, 3.05) is 19.7 Å². The molecule has 0 bridgehead atoms. The van der Waals surface area contributed by atoms with Gasteiger partial charge in [0.1, 0.15) is 0 Å². The minimum atomic E-state index is -0.566. The van der Waals surface area contributed by atoms with E-state index in [2.05, 4.69) is 0 Å². The van der Waals surface area contributed by atoms with Crippen molar-refractivity contribution in [3.8, 4) is 0 Å². The van der Waals surface area contributed by atoms with Crippen LogP contribution in [0, 0.1) is 5.41 Å². The van der Waals surface area contributed by atoms with Gasteiger partial charge in [0.2, 0.25) is 5.91 Å². The van der Waals surface area contributed by atoms with Crippen LogP contribution in [0.5, 0.6) is 0 Å². The molecule has 2 fully saturated rings. The average molecular weight is 284 g/mol. The summed E-state index contributed by atoms with van der Waals surface area (Å²) in [5, 5.41) is 0. The lowest BCUT2D eigenvalue weighted by molar-refractivity contribution is -0.142. The van der Waals surface area contributed by atoms with Gasteiger partial charge in [-0.25, -0.2) is 0 Å². The number of rotatable bonds is 4. The van der Waals surface area contributed by atoms with Crippen molar-refractivity contribution in [3.63, 3.8) is 0 Å². The van der Waals surface area contributed by atoms with E-state index in [9.17, 15) is 4.79 Å². The number of ether oxygens (including phenoxy) is 1. The summed E-state index contributed by atoms with van der Waals surface area (Å²) in [6.45, 7) is 4.20. The van der Waals surface area contributed by atoms with Gasteiger partial charge in [-0.05, 0) is 32.6 Å². The second kappa shape index (κ2) is 6.18. The van der Waals surface area contributed by atoms with Gasteiger partial charge in [0.05, 0.1) is 16.5 Å². The van der Waals surface area contributed by atoms with Crippen molar-refractivity contribution in [1.82, 2.24) is 4.90 Å². The Morgan fingerprint density at radius 2 is 2.11 bits per heavy atom. The van der Waals surface area contributed by atoms with Crippen LogP contribution >= 0.6 is 12.2 Å².